The highest BCUT2D eigenvalue weighted by Crippen LogP contribution is 2.36. The largest absolute Gasteiger partial charge is 0.497 e. The molecule has 0 aliphatic heterocycles. The van der Waals surface area contributed by atoms with Gasteiger partial charge in [0.05, 0.1) is 13.5 Å². The van der Waals surface area contributed by atoms with Gasteiger partial charge in [0.15, 0.2) is 6.61 Å². The van der Waals surface area contributed by atoms with Gasteiger partial charge in [0.25, 0.3) is 5.91 Å². The summed E-state index contributed by atoms with van der Waals surface area (Å²) in [5, 5.41) is 13.5. The summed E-state index contributed by atoms with van der Waals surface area (Å²) in [6, 6.07) is 7.45. The third-order valence-corrected chi connectivity index (χ3v) is 5.19. The SMILES string of the molecule is COc1ccc(CCNC(=O)COC(=O)C[C@H]2C(=O)C[C@@H](C)[C@H]2C[N+](=O)[O-])cc1. The molecule has 1 N–H and O–H groups in total. The minimum atomic E-state index is -0.721. The second-order valence-corrected chi connectivity index (χ2v) is 7.25. The average molecular weight is 406 g/mol. The van der Waals surface area contributed by atoms with Crippen molar-refractivity contribution in [1.29, 1.82) is 0 Å². The molecule has 1 saturated carbocycles. The smallest absolute Gasteiger partial charge is 0.307 e. The standard InChI is InChI=1S/C20H26N2O7/c1-13-9-18(23)16(17(13)11-22(26)27)10-20(25)29-12-19(24)21-8-7-14-3-5-15(28-2)6-4-14/h3-6,13,16-17H,7-12H2,1-2H3,(H,21,24)/t13-,16-,17-/m1/s1. The first-order valence-corrected chi connectivity index (χ1v) is 9.50. The molecule has 9 heteroatoms. The zero-order chi connectivity index (χ0) is 21.4. The number of nitrogens with zero attached hydrogens (tertiary/aromatic N) is 1. The van der Waals surface area contributed by atoms with Crippen molar-refractivity contribution < 1.29 is 28.8 Å². The first-order valence-electron chi connectivity index (χ1n) is 9.50. The van der Waals surface area contributed by atoms with Crippen molar-refractivity contribution in [3.63, 3.8) is 0 Å². The van der Waals surface area contributed by atoms with Crippen LogP contribution in [0, 0.1) is 27.9 Å². The Kier molecular flexibility index (Phi) is 8.11. The molecule has 0 unspecified atom stereocenters. The van der Waals surface area contributed by atoms with Gasteiger partial charge in [-0.1, -0.05) is 19.1 Å². The van der Waals surface area contributed by atoms with Gasteiger partial charge in [-0.25, -0.2) is 0 Å². The molecule has 1 aliphatic carbocycles. The Morgan fingerprint density at radius 3 is 2.59 bits per heavy atom. The fraction of sp³-hybridized carbons (Fsp3) is 0.550. The molecule has 158 valence electrons. The molecule has 1 aliphatic rings. The average Bonchev–Trinajstić information content (AvgIpc) is 2.93. The highest BCUT2D eigenvalue weighted by molar-refractivity contribution is 5.88. The molecule has 0 heterocycles. The number of carbonyl (C=O) groups excluding carboxylic acids is 3. The summed E-state index contributed by atoms with van der Waals surface area (Å²) in [5.41, 5.74) is 1.02. The highest BCUT2D eigenvalue weighted by atomic mass is 16.6. The Morgan fingerprint density at radius 1 is 1.28 bits per heavy atom. The Balaban J connectivity index is 1.71. The summed E-state index contributed by atoms with van der Waals surface area (Å²) < 4.78 is 10.0. The van der Waals surface area contributed by atoms with E-state index in [9.17, 15) is 24.5 Å². The lowest BCUT2D eigenvalue weighted by Crippen LogP contribution is -2.32. The van der Waals surface area contributed by atoms with Crippen LogP contribution < -0.4 is 10.1 Å². The first-order chi connectivity index (χ1) is 13.8. The zero-order valence-corrected chi connectivity index (χ0v) is 16.6. The van der Waals surface area contributed by atoms with Crippen molar-refractivity contribution in [2.75, 3.05) is 26.8 Å². The van der Waals surface area contributed by atoms with Gasteiger partial charge in [-0.2, -0.15) is 0 Å². The topological polar surface area (TPSA) is 125 Å². The van der Waals surface area contributed by atoms with Gasteiger partial charge in [0.1, 0.15) is 11.5 Å². The molecule has 1 amide bonds. The van der Waals surface area contributed by atoms with Crippen LogP contribution in [0.1, 0.15) is 25.3 Å². The normalized spacial score (nSPS) is 20.9. The summed E-state index contributed by atoms with van der Waals surface area (Å²) in [7, 11) is 1.59. The summed E-state index contributed by atoms with van der Waals surface area (Å²) in [6.07, 6.45) is 0.601. The van der Waals surface area contributed by atoms with Gasteiger partial charge in [-0.05, 0) is 30.0 Å². The van der Waals surface area contributed by atoms with Crippen molar-refractivity contribution in [3.05, 3.63) is 39.9 Å². The molecular formula is C20H26N2O7. The molecule has 0 spiro atoms. The van der Waals surface area contributed by atoms with E-state index in [1.54, 1.807) is 14.0 Å². The van der Waals surface area contributed by atoms with Crippen LogP contribution >= 0.6 is 0 Å². The minimum Gasteiger partial charge on any atom is -0.497 e. The molecule has 3 atom stereocenters. The van der Waals surface area contributed by atoms with Crippen molar-refractivity contribution in [2.45, 2.75) is 26.2 Å². The molecule has 9 nitrogen and oxygen atoms in total. The van der Waals surface area contributed by atoms with E-state index in [2.05, 4.69) is 5.32 Å². The molecule has 1 aromatic carbocycles. The Morgan fingerprint density at radius 2 is 1.97 bits per heavy atom. The van der Waals surface area contributed by atoms with Crippen LogP contribution in [-0.4, -0.2) is 49.4 Å². The summed E-state index contributed by atoms with van der Waals surface area (Å²) in [5.74, 6) is -1.90. The zero-order valence-electron chi connectivity index (χ0n) is 16.6. The maximum atomic E-state index is 12.0. The maximum Gasteiger partial charge on any atom is 0.307 e. The second-order valence-electron chi connectivity index (χ2n) is 7.25. The number of benzene rings is 1. The van der Waals surface area contributed by atoms with Crippen LogP contribution in [0.25, 0.3) is 0 Å². The molecule has 1 fully saturated rings. The van der Waals surface area contributed by atoms with Gasteiger partial charge in [0, 0.05) is 29.7 Å². The fourth-order valence-electron chi connectivity index (χ4n) is 3.57. The number of amides is 1. The maximum absolute atomic E-state index is 12.0. The number of carbonyl (C=O) groups is 3. The number of methoxy groups -OCH3 is 1. The monoisotopic (exact) mass is 406 g/mol. The molecule has 1 aromatic rings. The quantitative estimate of drug-likeness (QED) is 0.354. The van der Waals surface area contributed by atoms with Gasteiger partial charge in [-0.3, -0.25) is 24.5 Å². The number of ether oxygens (including phenoxy) is 2. The Hall–Kier alpha value is -2.97. The van der Waals surface area contributed by atoms with Crippen LogP contribution in [0.15, 0.2) is 24.3 Å². The van der Waals surface area contributed by atoms with Crippen LogP contribution in [0.5, 0.6) is 5.75 Å². The summed E-state index contributed by atoms with van der Waals surface area (Å²) in [6.45, 7) is 1.36. The number of Topliss-reactive ketones (excluding diaryl/α,β-unsaturated/α-hetero) is 1. The van der Waals surface area contributed by atoms with Gasteiger partial charge < -0.3 is 14.8 Å². The molecule has 29 heavy (non-hydrogen) atoms. The lowest BCUT2D eigenvalue weighted by molar-refractivity contribution is -0.490. The van der Waals surface area contributed by atoms with Crippen molar-refractivity contribution in [1.82, 2.24) is 5.32 Å². The number of esters is 1. The summed E-state index contributed by atoms with van der Waals surface area (Å²) in [4.78, 5) is 46.2. The minimum absolute atomic E-state index is 0.146. The van der Waals surface area contributed by atoms with E-state index < -0.39 is 35.2 Å². The van der Waals surface area contributed by atoms with Crippen LogP contribution in [0.2, 0.25) is 0 Å². The number of rotatable bonds is 10. The number of hydrogen-bond acceptors (Lipinski definition) is 7. The van der Waals surface area contributed by atoms with E-state index in [0.29, 0.717) is 13.0 Å². The molecule has 0 aromatic heterocycles. The second kappa shape index (κ2) is 10.5. The van der Waals surface area contributed by atoms with E-state index in [0.717, 1.165) is 11.3 Å². The van der Waals surface area contributed by atoms with Crippen molar-refractivity contribution in [2.24, 2.45) is 17.8 Å². The van der Waals surface area contributed by atoms with Crippen molar-refractivity contribution >= 4 is 17.7 Å². The Bertz CT molecular complexity index is 748. The first kappa shape index (κ1) is 22.3. The van der Waals surface area contributed by atoms with Gasteiger partial charge in [-0.15, -0.1) is 0 Å². The number of hydrogen-bond donors (Lipinski definition) is 1. The predicted molar refractivity (Wildman–Crippen MR) is 103 cm³/mol. The van der Waals surface area contributed by atoms with Gasteiger partial charge >= 0.3 is 5.97 Å². The predicted octanol–water partition coefficient (Wildman–Crippen LogP) is 1.41. The van der Waals surface area contributed by atoms with E-state index in [1.165, 1.54) is 0 Å². The van der Waals surface area contributed by atoms with E-state index in [4.69, 9.17) is 9.47 Å². The van der Waals surface area contributed by atoms with E-state index >= 15 is 0 Å². The number of nitro groups is 1. The molecular weight excluding hydrogens is 380 g/mol. The van der Waals surface area contributed by atoms with E-state index in [1.807, 2.05) is 24.3 Å². The van der Waals surface area contributed by atoms with Crippen molar-refractivity contribution in [3.8, 4) is 5.75 Å². The van der Waals surface area contributed by atoms with Crippen LogP contribution in [-0.2, 0) is 25.5 Å². The number of ketones is 1. The lowest BCUT2D eigenvalue weighted by Gasteiger charge is -2.17. The van der Waals surface area contributed by atoms with E-state index in [-0.39, 0.29) is 31.1 Å². The fourth-order valence-corrected chi connectivity index (χ4v) is 3.57. The highest BCUT2D eigenvalue weighted by Gasteiger charge is 2.44. The van der Waals surface area contributed by atoms with Crippen LogP contribution in [0.4, 0.5) is 0 Å². The molecule has 0 radical (unpaired) electrons. The number of nitrogens with one attached hydrogen (secondary N) is 1. The Labute approximate surface area is 168 Å². The molecule has 0 bridgehead atoms. The lowest BCUT2D eigenvalue weighted by atomic mass is 9.88. The third kappa shape index (κ3) is 6.85. The molecule has 2 rings (SSSR count). The molecule has 0 saturated heterocycles. The summed E-state index contributed by atoms with van der Waals surface area (Å²) >= 11 is 0. The van der Waals surface area contributed by atoms with Crippen LogP contribution in [0.3, 0.4) is 0 Å². The van der Waals surface area contributed by atoms with Gasteiger partial charge in [0.2, 0.25) is 6.54 Å². The third-order valence-electron chi connectivity index (χ3n) is 5.19.